The Balaban J connectivity index is 2.15. The van der Waals surface area contributed by atoms with Gasteiger partial charge in [-0.3, -0.25) is 0 Å². The number of nitrogens with one attached hydrogen (secondary N) is 1. The molecule has 0 spiro atoms. The number of hydrogen-bond donors (Lipinski definition) is 1. The van der Waals surface area contributed by atoms with Crippen molar-refractivity contribution < 1.29 is 0 Å². The van der Waals surface area contributed by atoms with Crippen LogP contribution in [0.4, 0.5) is 5.82 Å². The van der Waals surface area contributed by atoms with Gasteiger partial charge in [0.15, 0.2) is 0 Å². The Hall–Kier alpha value is -0.480. The van der Waals surface area contributed by atoms with E-state index in [9.17, 15) is 0 Å². The highest BCUT2D eigenvalue weighted by atomic mass is 35.5. The number of nitrogens with zero attached hydrogens (tertiary/aromatic N) is 2. The van der Waals surface area contributed by atoms with Crippen molar-refractivity contribution in [1.82, 2.24) is 9.97 Å². The summed E-state index contributed by atoms with van der Waals surface area (Å²) in [5.41, 5.74) is 1.07. The zero-order valence-corrected chi connectivity index (χ0v) is 13.2. The van der Waals surface area contributed by atoms with E-state index in [1.165, 1.54) is 25.7 Å². The molecule has 1 aromatic heterocycles. The van der Waals surface area contributed by atoms with Gasteiger partial charge in [-0.05, 0) is 25.5 Å². The average molecular weight is 300 g/mol. The molecule has 1 aliphatic rings. The molecule has 1 aliphatic carbocycles. The number of anilines is 1. The summed E-state index contributed by atoms with van der Waals surface area (Å²) < 4.78 is 0. The smallest absolute Gasteiger partial charge is 0.137 e. The molecule has 3 nitrogen and oxygen atoms in total. The van der Waals surface area contributed by atoms with Crippen molar-refractivity contribution in [1.29, 1.82) is 0 Å². The van der Waals surface area contributed by atoms with E-state index in [4.69, 9.17) is 11.6 Å². The van der Waals surface area contributed by atoms with Crippen LogP contribution in [0.15, 0.2) is 6.33 Å². The van der Waals surface area contributed by atoms with Gasteiger partial charge in [-0.2, -0.15) is 11.8 Å². The predicted molar refractivity (Wildman–Crippen MR) is 84.2 cm³/mol. The van der Waals surface area contributed by atoms with E-state index in [0.717, 1.165) is 24.2 Å². The molecule has 1 saturated carbocycles. The topological polar surface area (TPSA) is 37.8 Å². The Morgan fingerprint density at radius 2 is 2.16 bits per heavy atom. The van der Waals surface area contributed by atoms with Crippen LogP contribution in [-0.4, -0.2) is 27.5 Å². The molecular formula is C14H22ClN3S. The van der Waals surface area contributed by atoms with Crippen LogP contribution in [0.25, 0.3) is 0 Å². The summed E-state index contributed by atoms with van der Waals surface area (Å²) in [5, 5.41) is 4.89. The Kier molecular flexibility index (Phi) is 5.76. The zero-order valence-electron chi connectivity index (χ0n) is 11.7. The van der Waals surface area contributed by atoms with Gasteiger partial charge in [0.05, 0.1) is 0 Å². The van der Waals surface area contributed by atoms with Crippen LogP contribution >= 0.6 is 23.4 Å². The maximum absolute atomic E-state index is 6.20. The molecule has 2 unspecified atom stereocenters. The van der Waals surface area contributed by atoms with Crippen LogP contribution < -0.4 is 5.32 Å². The molecule has 2 rings (SSSR count). The van der Waals surface area contributed by atoms with E-state index >= 15 is 0 Å². The minimum atomic E-state index is 0.505. The standard InChI is InChI=1S/C14H22ClN3S/c1-3-6-10-13(15)16-9-17-14(10)18-11-7-4-5-8-12(11)19-2/h9,11-12H,3-8H2,1-2H3,(H,16,17,18). The molecule has 0 radical (unpaired) electrons. The third-order valence-corrected chi connectivity index (χ3v) is 5.22. The summed E-state index contributed by atoms with van der Waals surface area (Å²) in [6.07, 6.45) is 10.9. The Morgan fingerprint density at radius 1 is 1.37 bits per heavy atom. The highest BCUT2D eigenvalue weighted by Gasteiger charge is 2.25. The highest BCUT2D eigenvalue weighted by molar-refractivity contribution is 7.99. The van der Waals surface area contributed by atoms with E-state index in [0.29, 0.717) is 16.4 Å². The summed E-state index contributed by atoms with van der Waals surface area (Å²) >= 11 is 8.16. The maximum Gasteiger partial charge on any atom is 0.137 e. The van der Waals surface area contributed by atoms with Crippen LogP contribution in [0.2, 0.25) is 5.15 Å². The largest absolute Gasteiger partial charge is 0.366 e. The fourth-order valence-corrected chi connectivity index (χ4v) is 3.87. The molecule has 2 atom stereocenters. The average Bonchev–Trinajstić information content (AvgIpc) is 2.43. The summed E-state index contributed by atoms with van der Waals surface area (Å²) in [5.74, 6) is 0.938. The quantitative estimate of drug-likeness (QED) is 0.828. The minimum Gasteiger partial charge on any atom is -0.366 e. The molecule has 1 fully saturated rings. The molecule has 0 bridgehead atoms. The van der Waals surface area contributed by atoms with Crippen molar-refractivity contribution in [2.45, 2.75) is 56.7 Å². The van der Waals surface area contributed by atoms with Gasteiger partial charge in [-0.15, -0.1) is 0 Å². The van der Waals surface area contributed by atoms with Crippen molar-refractivity contribution >= 4 is 29.2 Å². The fourth-order valence-electron chi connectivity index (χ4n) is 2.71. The zero-order chi connectivity index (χ0) is 13.7. The predicted octanol–water partition coefficient (Wildman–Crippen LogP) is 4.17. The molecule has 19 heavy (non-hydrogen) atoms. The normalized spacial score (nSPS) is 23.3. The first-order valence-corrected chi connectivity index (χ1v) is 8.71. The van der Waals surface area contributed by atoms with Crippen LogP contribution in [0.1, 0.15) is 44.6 Å². The molecular weight excluding hydrogens is 278 g/mol. The second-order valence-corrected chi connectivity index (χ2v) is 6.49. The monoisotopic (exact) mass is 299 g/mol. The first-order chi connectivity index (χ1) is 9.26. The number of hydrogen-bond acceptors (Lipinski definition) is 4. The van der Waals surface area contributed by atoms with Gasteiger partial charge in [0, 0.05) is 16.9 Å². The van der Waals surface area contributed by atoms with Crippen molar-refractivity contribution in [2.24, 2.45) is 0 Å². The van der Waals surface area contributed by atoms with Crippen molar-refractivity contribution in [3.63, 3.8) is 0 Å². The van der Waals surface area contributed by atoms with Crippen LogP contribution in [0.3, 0.4) is 0 Å². The second-order valence-electron chi connectivity index (χ2n) is 5.05. The maximum atomic E-state index is 6.20. The molecule has 1 N–H and O–H groups in total. The molecule has 0 aromatic carbocycles. The van der Waals surface area contributed by atoms with E-state index in [1.54, 1.807) is 6.33 Å². The lowest BCUT2D eigenvalue weighted by Gasteiger charge is -2.31. The summed E-state index contributed by atoms with van der Waals surface area (Å²) in [6, 6.07) is 0.505. The molecule has 0 saturated heterocycles. The Bertz CT molecular complexity index is 414. The number of rotatable bonds is 5. The van der Waals surface area contributed by atoms with Gasteiger partial charge >= 0.3 is 0 Å². The van der Waals surface area contributed by atoms with E-state index in [-0.39, 0.29) is 0 Å². The SMILES string of the molecule is CCCc1c(Cl)ncnc1NC1CCCCC1SC. The fraction of sp³-hybridized carbons (Fsp3) is 0.714. The number of halogens is 1. The van der Waals surface area contributed by atoms with Gasteiger partial charge in [0.2, 0.25) is 0 Å². The van der Waals surface area contributed by atoms with E-state index < -0.39 is 0 Å². The van der Waals surface area contributed by atoms with Crippen LogP contribution in [0.5, 0.6) is 0 Å². The van der Waals surface area contributed by atoms with Crippen molar-refractivity contribution in [2.75, 3.05) is 11.6 Å². The van der Waals surface area contributed by atoms with Gasteiger partial charge in [0.1, 0.15) is 17.3 Å². The minimum absolute atomic E-state index is 0.505. The molecule has 0 aliphatic heterocycles. The number of aromatic nitrogens is 2. The van der Waals surface area contributed by atoms with E-state index in [2.05, 4.69) is 28.5 Å². The molecule has 0 amide bonds. The summed E-state index contributed by atoms with van der Waals surface area (Å²) in [4.78, 5) is 8.50. The summed E-state index contributed by atoms with van der Waals surface area (Å²) in [7, 11) is 0. The third kappa shape index (κ3) is 3.76. The Labute approximate surface area is 124 Å². The van der Waals surface area contributed by atoms with Crippen LogP contribution in [-0.2, 0) is 6.42 Å². The Morgan fingerprint density at radius 3 is 2.89 bits per heavy atom. The van der Waals surface area contributed by atoms with Gasteiger partial charge < -0.3 is 5.32 Å². The van der Waals surface area contributed by atoms with Crippen molar-refractivity contribution in [3.8, 4) is 0 Å². The van der Waals surface area contributed by atoms with Gasteiger partial charge in [0.25, 0.3) is 0 Å². The first kappa shape index (κ1) is 14.9. The lowest BCUT2D eigenvalue weighted by molar-refractivity contribution is 0.474. The second kappa shape index (κ2) is 7.34. The lowest BCUT2D eigenvalue weighted by atomic mass is 9.94. The van der Waals surface area contributed by atoms with Gasteiger partial charge in [-0.1, -0.05) is 37.8 Å². The third-order valence-electron chi connectivity index (χ3n) is 3.72. The van der Waals surface area contributed by atoms with Gasteiger partial charge in [-0.25, -0.2) is 9.97 Å². The molecule has 1 aromatic rings. The van der Waals surface area contributed by atoms with Crippen LogP contribution in [0, 0.1) is 0 Å². The first-order valence-electron chi connectivity index (χ1n) is 7.05. The molecule has 5 heteroatoms. The highest BCUT2D eigenvalue weighted by Crippen LogP contribution is 2.31. The lowest BCUT2D eigenvalue weighted by Crippen LogP contribution is -2.35. The number of thioether (sulfide) groups is 1. The summed E-state index contributed by atoms with van der Waals surface area (Å²) in [6.45, 7) is 2.15. The van der Waals surface area contributed by atoms with Crippen molar-refractivity contribution in [3.05, 3.63) is 17.0 Å². The molecule has 106 valence electrons. The van der Waals surface area contributed by atoms with E-state index in [1.807, 2.05) is 11.8 Å². The molecule has 1 heterocycles.